The van der Waals surface area contributed by atoms with E-state index in [0.717, 1.165) is 29.1 Å². The number of hydrogen-bond acceptors (Lipinski definition) is 3. The molecular formula is C19H21N3O. The van der Waals surface area contributed by atoms with Crippen LogP contribution >= 0.6 is 0 Å². The molecule has 1 unspecified atom stereocenters. The molecule has 0 fully saturated rings. The molecule has 0 aliphatic heterocycles. The molecule has 4 heteroatoms. The zero-order valence-corrected chi connectivity index (χ0v) is 13.4. The molecule has 2 N–H and O–H groups in total. The van der Waals surface area contributed by atoms with Gasteiger partial charge in [0.15, 0.2) is 0 Å². The third-order valence-electron chi connectivity index (χ3n) is 3.99. The van der Waals surface area contributed by atoms with Crippen LogP contribution in [0.4, 0.5) is 0 Å². The first-order valence-corrected chi connectivity index (χ1v) is 7.73. The fraction of sp³-hybridized carbons (Fsp3) is 0.211. The van der Waals surface area contributed by atoms with Gasteiger partial charge in [-0.3, -0.25) is 5.10 Å². The summed E-state index contributed by atoms with van der Waals surface area (Å²) in [4.78, 5) is 0. The first-order valence-electron chi connectivity index (χ1n) is 7.73. The van der Waals surface area contributed by atoms with Gasteiger partial charge in [0.1, 0.15) is 5.75 Å². The number of nitrogens with zero attached hydrogens (tertiary/aromatic N) is 1. The average molecular weight is 307 g/mol. The van der Waals surface area contributed by atoms with Gasteiger partial charge < -0.3 is 10.1 Å². The van der Waals surface area contributed by atoms with E-state index in [4.69, 9.17) is 4.74 Å². The molecule has 0 bridgehead atoms. The largest absolute Gasteiger partial charge is 0.497 e. The third kappa shape index (κ3) is 3.60. The molecule has 0 saturated carbocycles. The number of H-pyrrole nitrogens is 1. The van der Waals surface area contributed by atoms with E-state index < -0.39 is 0 Å². The van der Waals surface area contributed by atoms with Gasteiger partial charge in [0.05, 0.1) is 19.0 Å². The van der Waals surface area contributed by atoms with E-state index in [1.165, 1.54) is 5.56 Å². The molecule has 1 atom stereocenters. The van der Waals surface area contributed by atoms with Crippen molar-refractivity contribution in [3.63, 3.8) is 0 Å². The highest BCUT2D eigenvalue weighted by Gasteiger charge is 2.10. The topological polar surface area (TPSA) is 49.9 Å². The van der Waals surface area contributed by atoms with Crippen molar-refractivity contribution in [2.75, 3.05) is 7.11 Å². The van der Waals surface area contributed by atoms with Gasteiger partial charge in [-0.25, -0.2) is 0 Å². The van der Waals surface area contributed by atoms with Crippen molar-refractivity contribution in [1.82, 2.24) is 15.5 Å². The Bertz CT molecular complexity index is 735. The molecule has 2 aromatic carbocycles. The van der Waals surface area contributed by atoms with Gasteiger partial charge in [-0.2, -0.15) is 5.10 Å². The third-order valence-corrected chi connectivity index (χ3v) is 3.99. The number of hydrogen-bond donors (Lipinski definition) is 2. The highest BCUT2D eigenvalue weighted by Crippen LogP contribution is 2.24. The highest BCUT2D eigenvalue weighted by atomic mass is 16.5. The first-order chi connectivity index (χ1) is 11.3. The Morgan fingerprint density at radius 2 is 1.83 bits per heavy atom. The smallest absolute Gasteiger partial charge is 0.118 e. The van der Waals surface area contributed by atoms with Gasteiger partial charge in [-0.05, 0) is 36.8 Å². The normalized spacial score (nSPS) is 12.1. The number of rotatable bonds is 6. The molecule has 0 spiro atoms. The molecule has 0 aliphatic carbocycles. The molecular weight excluding hydrogens is 286 g/mol. The summed E-state index contributed by atoms with van der Waals surface area (Å²) >= 11 is 0. The molecule has 3 aromatic rings. The lowest BCUT2D eigenvalue weighted by Crippen LogP contribution is -2.18. The van der Waals surface area contributed by atoms with E-state index in [2.05, 4.69) is 46.7 Å². The minimum absolute atomic E-state index is 0.287. The van der Waals surface area contributed by atoms with Crippen LogP contribution < -0.4 is 10.1 Å². The van der Waals surface area contributed by atoms with Gasteiger partial charge in [0.25, 0.3) is 0 Å². The maximum atomic E-state index is 5.21. The van der Waals surface area contributed by atoms with Crippen LogP contribution in [0, 0.1) is 0 Å². The van der Waals surface area contributed by atoms with Crippen LogP contribution in [0.1, 0.15) is 24.1 Å². The summed E-state index contributed by atoms with van der Waals surface area (Å²) in [5.74, 6) is 0.852. The van der Waals surface area contributed by atoms with Crippen molar-refractivity contribution in [1.29, 1.82) is 0 Å². The van der Waals surface area contributed by atoms with E-state index in [1.54, 1.807) is 7.11 Å². The van der Waals surface area contributed by atoms with E-state index in [0.29, 0.717) is 0 Å². The van der Waals surface area contributed by atoms with Gasteiger partial charge in [-0.15, -0.1) is 0 Å². The summed E-state index contributed by atoms with van der Waals surface area (Å²) in [6, 6.07) is 18.7. The molecule has 0 saturated heterocycles. The number of methoxy groups -OCH3 is 1. The highest BCUT2D eigenvalue weighted by molar-refractivity contribution is 5.63. The van der Waals surface area contributed by atoms with Gasteiger partial charge in [0, 0.05) is 23.7 Å². The number of aromatic nitrogens is 2. The predicted molar refractivity (Wildman–Crippen MR) is 92.3 cm³/mol. The Balaban J connectivity index is 1.71. The van der Waals surface area contributed by atoms with Crippen LogP contribution in [0.25, 0.3) is 11.3 Å². The van der Waals surface area contributed by atoms with Crippen molar-refractivity contribution in [2.24, 2.45) is 0 Å². The van der Waals surface area contributed by atoms with Crippen molar-refractivity contribution < 1.29 is 4.74 Å². The average Bonchev–Trinajstić information content (AvgIpc) is 3.09. The fourth-order valence-corrected chi connectivity index (χ4v) is 2.58. The van der Waals surface area contributed by atoms with E-state index in [-0.39, 0.29) is 6.04 Å². The zero-order valence-electron chi connectivity index (χ0n) is 13.4. The van der Waals surface area contributed by atoms with Crippen LogP contribution in [0.2, 0.25) is 0 Å². The summed E-state index contributed by atoms with van der Waals surface area (Å²) in [6.07, 6.45) is 1.88. The lowest BCUT2D eigenvalue weighted by atomic mass is 10.1. The van der Waals surface area contributed by atoms with Gasteiger partial charge >= 0.3 is 0 Å². The molecule has 1 aromatic heterocycles. The SMILES string of the molecule is COc1ccc(-c2[nH]ncc2CNC(C)c2ccccc2)cc1. The molecule has 0 radical (unpaired) electrons. The quantitative estimate of drug-likeness (QED) is 0.725. The number of ether oxygens (including phenoxy) is 1. The standard InChI is InChI=1S/C19H21N3O/c1-14(15-6-4-3-5-7-15)20-12-17-13-21-22-19(17)16-8-10-18(23-2)11-9-16/h3-11,13-14,20H,12H2,1-2H3,(H,21,22). The second-order valence-corrected chi connectivity index (χ2v) is 5.51. The lowest BCUT2D eigenvalue weighted by Gasteiger charge is -2.14. The maximum absolute atomic E-state index is 5.21. The van der Waals surface area contributed by atoms with E-state index >= 15 is 0 Å². The second kappa shape index (κ2) is 7.11. The Morgan fingerprint density at radius 1 is 1.09 bits per heavy atom. The van der Waals surface area contributed by atoms with Gasteiger partial charge in [-0.1, -0.05) is 30.3 Å². The predicted octanol–water partition coefficient (Wildman–Crippen LogP) is 3.94. The minimum Gasteiger partial charge on any atom is -0.497 e. The summed E-state index contributed by atoms with van der Waals surface area (Å²) in [5.41, 5.74) is 4.58. The molecule has 0 aliphatic rings. The Kier molecular flexibility index (Phi) is 4.74. The van der Waals surface area contributed by atoms with Crippen LogP contribution in [-0.4, -0.2) is 17.3 Å². The van der Waals surface area contributed by atoms with Gasteiger partial charge in [0.2, 0.25) is 0 Å². The Morgan fingerprint density at radius 3 is 2.52 bits per heavy atom. The molecule has 23 heavy (non-hydrogen) atoms. The van der Waals surface area contributed by atoms with Crippen LogP contribution in [0.3, 0.4) is 0 Å². The lowest BCUT2D eigenvalue weighted by molar-refractivity contribution is 0.415. The minimum atomic E-state index is 0.287. The van der Waals surface area contributed by atoms with E-state index in [1.807, 2.05) is 36.5 Å². The van der Waals surface area contributed by atoms with E-state index in [9.17, 15) is 0 Å². The van der Waals surface area contributed by atoms with Crippen molar-refractivity contribution >= 4 is 0 Å². The van der Waals surface area contributed by atoms with Crippen LogP contribution in [0.15, 0.2) is 60.8 Å². The number of aromatic amines is 1. The summed E-state index contributed by atoms with van der Waals surface area (Å²) in [7, 11) is 1.67. The Labute approximate surface area is 136 Å². The number of benzene rings is 2. The fourth-order valence-electron chi connectivity index (χ4n) is 2.58. The summed E-state index contributed by atoms with van der Waals surface area (Å²) < 4.78 is 5.21. The number of nitrogens with one attached hydrogen (secondary N) is 2. The van der Waals surface area contributed by atoms with Crippen molar-refractivity contribution in [3.8, 4) is 17.0 Å². The van der Waals surface area contributed by atoms with Crippen LogP contribution in [0.5, 0.6) is 5.75 Å². The molecule has 1 heterocycles. The van der Waals surface area contributed by atoms with Crippen molar-refractivity contribution in [3.05, 3.63) is 71.9 Å². The maximum Gasteiger partial charge on any atom is 0.118 e. The molecule has 0 amide bonds. The zero-order chi connectivity index (χ0) is 16.1. The monoisotopic (exact) mass is 307 g/mol. The van der Waals surface area contributed by atoms with Crippen molar-refractivity contribution in [2.45, 2.75) is 19.5 Å². The summed E-state index contributed by atoms with van der Waals surface area (Å²) in [5, 5.41) is 10.8. The summed E-state index contributed by atoms with van der Waals surface area (Å²) in [6.45, 7) is 2.93. The Hall–Kier alpha value is -2.59. The van der Waals surface area contributed by atoms with Crippen LogP contribution in [-0.2, 0) is 6.54 Å². The first kappa shape index (κ1) is 15.3. The molecule has 118 valence electrons. The molecule has 4 nitrogen and oxygen atoms in total. The second-order valence-electron chi connectivity index (χ2n) is 5.51. The molecule has 3 rings (SSSR count).